The molecule has 2 aromatic heterocycles. The molecular formula is C29H26N4O. The number of rotatable bonds is 3. The standard InChI is InChI=1S/C15H12N2O.C14H14N2/c16-10-18-15-13-3-1-2-11(13)4-5-14(15)12-6-8-17-9-7-12;15-14-12-3-1-2-10(12)4-5-13(14)11-6-8-16-9-7-11/h4-9H,1-3H2;4-9H,1-3,15H2. The Labute approximate surface area is 199 Å². The quantitative estimate of drug-likeness (QED) is 0.312. The van der Waals surface area contributed by atoms with Gasteiger partial charge < -0.3 is 10.5 Å². The van der Waals surface area contributed by atoms with Gasteiger partial charge in [-0.25, -0.2) is 0 Å². The highest BCUT2D eigenvalue weighted by atomic mass is 16.5. The molecule has 0 aliphatic heterocycles. The molecule has 0 radical (unpaired) electrons. The lowest BCUT2D eigenvalue weighted by atomic mass is 9.98. The van der Waals surface area contributed by atoms with Gasteiger partial charge >= 0.3 is 0 Å². The molecule has 34 heavy (non-hydrogen) atoms. The van der Waals surface area contributed by atoms with E-state index in [4.69, 9.17) is 15.7 Å². The van der Waals surface area contributed by atoms with Crippen LogP contribution in [0.2, 0.25) is 0 Å². The number of nitriles is 1. The number of hydrogen-bond donors (Lipinski definition) is 1. The van der Waals surface area contributed by atoms with Crippen LogP contribution in [0.5, 0.6) is 5.75 Å². The summed E-state index contributed by atoms with van der Waals surface area (Å²) in [5, 5.41) is 8.84. The smallest absolute Gasteiger partial charge is 0.292 e. The maximum atomic E-state index is 8.84. The molecule has 0 spiro atoms. The van der Waals surface area contributed by atoms with Crippen molar-refractivity contribution < 1.29 is 4.74 Å². The summed E-state index contributed by atoms with van der Waals surface area (Å²) in [5.41, 5.74) is 16.8. The van der Waals surface area contributed by atoms with Gasteiger partial charge in [0.2, 0.25) is 0 Å². The van der Waals surface area contributed by atoms with E-state index in [0.717, 1.165) is 59.4 Å². The van der Waals surface area contributed by atoms with E-state index in [1.165, 1.54) is 35.1 Å². The molecule has 2 aliphatic carbocycles. The number of aromatic nitrogens is 2. The van der Waals surface area contributed by atoms with Crippen molar-refractivity contribution in [3.05, 3.63) is 95.6 Å². The van der Waals surface area contributed by atoms with Gasteiger partial charge in [0.15, 0.2) is 5.75 Å². The van der Waals surface area contributed by atoms with Crippen LogP contribution in [0.1, 0.15) is 35.1 Å². The summed E-state index contributed by atoms with van der Waals surface area (Å²) in [6.07, 6.45) is 15.7. The molecule has 2 aromatic carbocycles. The average Bonchev–Trinajstić information content (AvgIpc) is 3.56. The number of benzene rings is 2. The third kappa shape index (κ3) is 4.23. The minimum absolute atomic E-state index is 0.721. The monoisotopic (exact) mass is 446 g/mol. The molecule has 0 unspecified atom stereocenters. The summed E-state index contributed by atoms with van der Waals surface area (Å²) in [4.78, 5) is 8.05. The fourth-order valence-electron chi connectivity index (χ4n) is 5.03. The number of ether oxygens (including phenoxy) is 1. The number of nitrogen functional groups attached to an aromatic ring is 1. The van der Waals surface area contributed by atoms with Gasteiger partial charge in [0.1, 0.15) is 0 Å². The molecule has 168 valence electrons. The fourth-order valence-corrected chi connectivity index (χ4v) is 5.03. The third-order valence-corrected chi connectivity index (χ3v) is 6.69. The molecule has 4 aromatic rings. The van der Waals surface area contributed by atoms with Crippen molar-refractivity contribution in [1.82, 2.24) is 9.97 Å². The Hall–Kier alpha value is -4.17. The highest BCUT2D eigenvalue weighted by Crippen LogP contribution is 2.39. The molecule has 2 heterocycles. The van der Waals surface area contributed by atoms with Crippen molar-refractivity contribution in [2.75, 3.05) is 5.73 Å². The van der Waals surface area contributed by atoms with E-state index in [0.29, 0.717) is 0 Å². The van der Waals surface area contributed by atoms with Gasteiger partial charge in [-0.05, 0) is 96.2 Å². The van der Waals surface area contributed by atoms with E-state index in [1.54, 1.807) is 12.4 Å². The summed E-state index contributed by atoms with van der Waals surface area (Å²) in [5.74, 6) is 0.721. The van der Waals surface area contributed by atoms with Crippen LogP contribution < -0.4 is 10.5 Å². The number of nitrogens with two attached hydrogens (primary N) is 1. The van der Waals surface area contributed by atoms with Gasteiger partial charge in [0.25, 0.3) is 6.26 Å². The number of hydrogen-bond acceptors (Lipinski definition) is 5. The molecular weight excluding hydrogens is 420 g/mol. The minimum atomic E-state index is 0.721. The SMILES string of the molecule is N#COc1c(-c2ccncc2)ccc2c1CCC2.Nc1c(-c2ccncc2)ccc2c1CCC2. The number of nitrogens with zero attached hydrogens (tertiary/aromatic N) is 3. The number of aryl methyl sites for hydroxylation is 2. The Bertz CT molecular complexity index is 1340. The molecule has 0 saturated heterocycles. The van der Waals surface area contributed by atoms with Gasteiger partial charge in [-0.1, -0.05) is 24.3 Å². The molecule has 2 N–H and O–H groups in total. The summed E-state index contributed by atoms with van der Waals surface area (Å²) in [6.45, 7) is 0. The molecule has 5 nitrogen and oxygen atoms in total. The van der Waals surface area contributed by atoms with E-state index >= 15 is 0 Å². The molecule has 0 bridgehead atoms. The Balaban J connectivity index is 0.000000142. The van der Waals surface area contributed by atoms with Gasteiger partial charge in [0, 0.05) is 41.6 Å². The lowest BCUT2D eigenvalue weighted by Crippen LogP contribution is -1.96. The van der Waals surface area contributed by atoms with Crippen LogP contribution in [-0.2, 0) is 25.7 Å². The molecule has 2 aliphatic rings. The van der Waals surface area contributed by atoms with Crippen molar-refractivity contribution in [2.24, 2.45) is 0 Å². The van der Waals surface area contributed by atoms with Gasteiger partial charge in [-0.3, -0.25) is 9.97 Å². The first-order chi connectivity index (χ1) is 16.8. The third-order valence-electron chi connectivity index (χ3n) is 6.69. The van der Waals surface area contributed by atoms with Crippen LogP contribution in [0.3, 0.4) is 0 Å². The lowest BCUT2D eigenvalue weighted by molar-refractivity contribution is 0.503. The summed E-state index contributed by atoms with van der Waals surface area (Å²) >= 11 is 0. The number of anilines is 1. The predicted molar refractivity (Wildman–Crippen MR) is 134 cm³/mol. The average molecular weight is 447 g/mol. The second-order valence-electron chi connectivity index (χ2n) is 8.62. The largest absolute Gasteiger partial charge is 0.398 e. The summed E-state index contributed by atoms with van der Waals surface area (Å²) in [7, 11) is 0. The normalized spacial score (nSPS) is 13.3. The van der Waals surface area contributed by atoms with Gasteiger partial charge in [-0.15, -0.1) is 5.26 Å². The second-order valence-corrected chi connectivity index (χ2v) is 8.62. The lowest BCUT2D eigenvalue weighted by Gasteiger charge is -2.11. The highest BCUT2D eigenvalue weighted by Gasteiger charge is 2.20. The molecule has 0 fully saturated rings. The van der Waals surface area contributed by atoms with E-state index in [-0.39, 0.29) is 0 Å². The fraction of sp³-hybridized carbons (Fsp3) is 0.207. The topological polar surface area (TPSA) is 84.8 Å². The minimum Gasteiger partial charge on any atom is -0.398 e. The van der Waals surface area contributed by atoms with Crippen LogP contribution in [0.25, 0.3) is 22.3 Å². The van der Waals surface area contributed by atoms with Crippen LogP contribution in [0, 0.1) is 11.5 Å². The maximum Gasteiger partial charge on any atom is 0.292 e. The zero-order valence-electron chi connectivity index (χ0n) is 19.0. The van der Waals surface area contributed by atoms with E-state index in [1.807, 2.05) is 49.0 Å². The van der Waals surface area contributed by atoms with E-state index in [9.17, 15) is 0 Å². The van der Waals surface area contributed by atoms with Crippen molar-refractivity contribution >= 4 is 5.69 Å². The Kier molecular flexibility index (Phi) is 6.22. The van der Waals surface area contributed by atoms with E-state index < -0.39 is 0 Å². The summed E-state index contributed by atoms with van der Waals surface area (Å²) in [6, 6.07) is 16.4. The molecule has 0 saturated carbocycles. The second kappa shape index (κ2) is 9.76. The first kappa shape index (κ1) is 21.7. The molecule has 6 rings (SSSR count). The first-order valence-electron chi connectivity index (χ1n) is 11.7. The zero-order chi connectivity index (χ0) is 23.3. The van der Waals surface area contributed by atoms with Crippen LogP contribution >= 0.6 is 0 Å². The van der Waals surface area contributed by atoms with Crippen LogP contribution in [0.15, 0.2) is 73.3 Å². The van der Waals surface area contributed by atoms with Crippen molar-refractivity contribution in [3.8, 4) is 34.3 Å². The highest BCUT2D eigenvalue weighted by molar-refractivity contribution is 5.79. The molecule has 0 atom stereocenters. The van der Waals surface area contributed by atoms with Crippen molar-refractivity contribution in [2.45, 2.75) is 38.5 Å². The van der Waals surface area contributed by atoms with Crippen molar-refractivity contribution in [1.29, 1.82) is 5.26 Å². The van der Waals surface area contributed by atoms with Crippen molar-refractivity contribution in [3.63, 3.8) is 0 Å². The molecule has 0 amide bonds. The van der Waals surface area contributed by atoms with Gasteiger partial charge in [0.05, 0.1) is 0 Å². The maximum absolute atomic E-state index is 8.84. The van der Waals surface area contributed by atoms with Gasteiger partial charge in [-0.2, -0.15) is 0 Å². The predicted octanol–water partition coefficient (Wildman–Crippen LogP) is 5.92. The Morgan fingerprint density at radius 1 is 0.676 bits per heavy atom. The Morgan fingerprint density at radius 3 is 1.82 bits per heavy atom. The van der Waals surface area contributed by atoms with Crippen LogP contribution in [0.4, 0.5) is 5.69 Å². The van der Waals surface area contributed by atoms with E-state index in [2.05, 4.69) is 28.2 Å². The Morgan fingerprint density at radius 2 is 1.21 bits per heavy atom. The summed E-state index contributed by atoms with van der Waals surface area (Å²) < 4.78 is 5.22. The number of pyridine rings is 2. The first-order valence-corrected chi connectivity index (χ1v) is 11.7. The zero-order valence-corrected chi connectivity index (χ0v) is 19.0. The number of fused-ring (bicyclic) bond motifs is 2. The molecule has 5 heteroatoms. The van der Waals surface area contributed by atoms with Crippen LogP contribution in [-0.4, -0.2) is 9.97 Å².